The molecule has 0 bridgehead atoms. The minimum atomic E-state index is -0.190. The highest BCUT2D eigenvalue weighted by molar-refractivity contribution is 5.49. The van der Waals surface area contributed by atoms with Gasteiger partial charge in [-0.05, 0) is 47.5 Å². The van der Waals surface area contributed by atoms with Crippen LogP contribution in [-0.4, -0.2) is 31.2 Å². The highest BCUT2D eigenvalue weighted by Gasteiger charge is 2.18. The average molecular weight is 376 g/mol. The summed E-state index contributed by atoms with van der Waals surface area (Å²) in [5.74, 6) is 0.835. The number of nitrogens with one attached hydrogen (secondary N) is 1. The van der Waals surface area contributed by atoms with Crippen LogP contribution in [-0.2, 0) is 13.1 Å². The van der Waals surface area contributed by atoms with Gasteiger partial charge >= 0.3 is 0 Å². The van der Waals surface area contributed by atoms with Gasteiger partial charge in [-0.15, -0.1) is 0 Å². The third kappa shape index (κ3) is 4.67. The van der Waals surface area contributed by atoms with Gasteiger partial charge in [0.2, 0.25) is 0 Å². The van der Waals surface area contributed by atoms with Gasteiger partial charge in [0, 0.05) is 51.2 Å². The van der Waals surface area contributed by atoms with Gasteiger partial charge in [0.25, 0.3) is 0 Å². The number of nitrogens with zero attached hydrogens (tertiary/aromatic N) is 3. The van der Waals surface area contributed by atoms with E-state index in [1.165, 1.54) is 23.3 Å². The van der Waals surface area contributed by atoms with Crippen molar-refractivity contribution in [2.24, 2.45) is 0 Å². The summed E-state index contributed by atoms with van der Waals surface area (Å²) in [6.45, 7) is 5.30. The van der Waals surface area contributed by atoms with E-state index in [1.807, 2.05) is 24.4 Å². The number of hydrogen-bond acceptors (Lipinski definition) is 4. The summed E-state index contributed by atoms with van der Waals surface area (Å²) in [4.78, 5) is 9.18. The van der Waals surface area contributed by atoms with E-state index in [0.717, 1.165) is 50.8 Å². The highest BCUT2D eigenvalue weighted by Crippen LogP contribution is 2.20. The van der Waals surface area contributed by atoms with Crippen LogP contribution in [0.4, 0.5) is 15.9 Å². The normalized spacial score (nSPS) is 14.3. The molecule has 1 aliphatic rings. The Morgan fingerprint density at radius 1 is 0.786 bits per heavy atom. The van der Waals surface area contributed by atoms with Crippen molar-refractivity contribution in [3.05, 3.63) is 89.9 Å². The van der Waals surface area contributed by atoms with Crippen LogP contribution in [0.1, 0.15) is 11.1 Å². The maximum atomic E-state index is 13.1. The van der Waals surface area contributed by atoms with Crippen molar-refractivity contribution in [3.8, 4) is 0 Å². The van der Waals surface area contributed by atoms with Gasteiger partial charge in [0.1, 0.15) is 11.6 Å². The Hall–Kier alpha value is -2.92. The van der Waals surface area contributed by atoms with Crippen molar-refractivity contribution in [3.63, 3.8) is 0 Å². The Morgan fingerprint density at radius 2 is 1.46 bits per heavy atom. The van der Waals surface area contributed by atoms with Crippen molar-refractivity contribution in [2.75, 3.05) is 36.0 Å². The van der Waals surface area contributed by atoms with Crippen LogP contribution in [0.15, 0.2) is 72.9 Å². The summed E-state index contributed by atoms with van der Waals surface area (Å²) in [5, 5.41) is 3.50. The molecule has 3 aromatic rings. The van der Waals surface area contributed by atoms with Crippen molar-refractivity contribution >= 4 is 11.5 Å². The van der Waals surface area contributed by atoms with Gasteiger partial charge in [0.05, 0.1) is 0 Å². The third-order valence-electron chi connectivity index (χ3n) is 5.11. The standard InChI is InChI=1S/C23H25FN4/c24-21-6-8-22(9-7-21)27-12-14-28(15-13-27)23-16-20(10-11-26-23)18-25-17-19-4-2-1-3-5-19/h1-11,16,25H,12-15,17-18H2. The molecule has 2 heterocycles. The van der Waals surface area contributed by atoms with Crippen molar-refractivity contribution in [1.29, 1.82) is 0 Å². The summed E-state index contributed by atoms with van der Waals surface area (Å²) in [7, 11) is 0. The maximum Gasteiger partial charge on any atom is 0.128 e. The summed E-state index contributed by atoms with van der Waals surface area (Å²) < 4.78 is 13.1. The molecule has 1 aliphatic heterocycles. The lowest BCUT2D eigenvalue weighted by Gasteiger charge is -2.36. The number of anilines is 2. The topological polar surface area (TPSA) is 31.4 Å². The second-order valence-electron chi connectivity index (χ2n) is 7.06. The second-order valence-corrected chi connectivity index (χ2v) is 7.06. The molecule has 0 unspecified atom stereocenters. The van der Waals surface area contributed by atoms with Crippen LogP contribution in [0.25, 0.3) is 0 Å². The smallest absolute Gasteiger partial charge is 0.128 e. The average Bonchev–Trinajstić information content (AvgIpc) is 2.75. The molecular formula is C23H25FN4. The molecule has 1 saturated heterocycles. The number of rotatable bonds is 6. The first kappa shape index (κ1) is 18.4. The molecule has 1 fully saturated rings. The molecule has 2 aromatic carbocycles. The predicted molar refractivity (Wildman–Crippen MR) is 112 cm³/mol. The molecule has 0 amide bonds. The van der Waals surface area contributed by atoms with Crippen LogP contribution in [0, 0.1) is 5.82 Å². The molecular weight excluding hydrogens is 351 g/mol. The molecule has 1 N–H and O–H groups in total. The first-order valence-electron chi connectivity index (χ1n) is 9.73. The van der Waals surface area contributed by atoms with E-state index in [-0.39, 0.29) is 5.82 Å². The number of halogens is 1. The third-order valence-corrected chi connectivity index (χ3v) is 5.11. The van der Waals surface area contributed by atoms with Gasteiger partial charge in [-0.1, -0.05) is 30.3 Å². The van der Waals surface area contributed by atoms with Crippen molar-refractivity contribution < 1.29 is 4.39 Å². The largest absolute Gasteiger partial charge is 0.368 e. The Kier molecular flexibility index (Phi) is 5.83. The zero-order chi connectivity index (χ0) is 19.2. The fourth-order valence-electron chi connectivity index (χ4n) is 3.54. The molecule has 1 aromatic heterocycles. The minimum absolute atomic E-state index is 0.190. The lowest BCUT2D eigenvalue weighted by atomic mass is 10.2. The molecule has 4 rings (SSSR count). The number of aromatic nitrogens is 1. The van der Waals surface area contributed by atoms with Crippen LogP contribution < -0.4 is 15.1 Å². The van der Waals surface area contributed by atoms with Gasteiger partial charge < -0.3 is 15.1 Å². The molecule has 144 valence electrons. The van der Waals surface area contributed by atoms with Gasteiger partial charge in [-0.25, -0.2) is 9.37 Å². The number of benzene rings is 2. The molecule has 5 heteroatoms. The summed E-state index contributed by atoms with van der Waals surface area (Å²) >= 11 is 0. The number of hydrogen-bond donors (Lipinski definition) is 1. The summed E-state index contributed by atoms with van der Waals surface area (Å²) in [6.07, 6.45) is 1.89. The van der Waals surface area contributed by atoms with E-state index >= 15 is 0 Å². The zero-order valence-electron chi connectivity index (χ0n) is 15.9. The van der Waals surface area contributed by atoms with Crippen molar-refractivity contribution in [1.82, 2.24) is 10.3 Å². The molecule has 0 atom stereocenters. The second kappa shape index (κ2) is 8.85. The highest BCUT2D eigenvalue weighted by atomic mass is 19.1. The molecule has 28 heavy (non-hydrogen) atoms. The van der Waals surface area contributed by atoms with Gasteiger partial charge in [-0.2, -0.15) is 0 Å². The molecule has 0 spiro atoms. The van der Waals surface area contributed by atoms with Crippen LogP contribution in [0.5, 0.6) is 0 Å². The Morgan fingerprint density at radius 3 is 2.21 bits per heavy atom. The quantitative estimate of drug-likeness (QED) is 0.708. The first-order valence-corrected chi connectivity index (χ1v) is 9.73. The molecule has 4 nitrogen and oxygen atoms in total. The minimum Gasteiger partial charge on any atom is -0.368 e. The van der Waals surface area contributed by atoms with E-state index in [4.69, 9.17) is 0 Å². The van der Waals surface area contributed by atoms with Crippen molar-refractivity contribution in [2.45, 2.75) is 13.1 Å². The van der Waals surface area contributed by atoms with Gasteiger partial charge in [-0.3, -0.25) is 0 Å². The maximum absolute atomic E-state index is 13.1. The Bertz CT molecular complexity index is 875. The van der Waals surface area contributed by atoms with Crippen LogP contribution in [0.2, 0.25) is 0 Å². The molecule has 0 radical (unpaired) electrons. The zero-order valence-corrected chi connectivity index (χ0v) is 15.9. The van der Waals surface area contributed by atoms with Crippen LogP contribution in [0.3, 0.4) is 0 Å². The number of piperazine rings is 1. The monoisotopic (exact) mass is 376 g/mol. The Labute approximate surface area is 165 Å². The fourth-order valence-corrected chi connectivity index (χ4v) is 3.54. The number of pyridine rings is 1. The van der Waals surface area contributed by atoms with E-state index in [0.29, 0.717) is 0 Å². The molecule has 0 saturated carbocycles. The summed E-state index contributed by atoms with van der Waals surface area (Å²) in [5.41, 5.74) is 3.60. The molecule has 0 aliphatic carbocycles. The summed E-state index contributed by atoms with van der Waals surface area (Å²) in [6, 6.07) is 21.4. The lowest BCUT2D eigenvalue weighted by Crippen LogP contribution is -2.46. The van der Waals surface area contributed by atoms with E-state index in [2.05, 4.69) is 56.5 Å². The van der Waals surface area contributed by atoms with E-state index < -0.39 is 0 Å². The van der Waals surface area contributed by atoms with E-state index in [1.54, 1.807) is 0 Å². The Balaban J connectivity index is 1.31. The van der Waals surface area contributed by atoms with Crippen LogP contribution >= 0.6 is 0 Å². The lowest BCUT2D eigenvalue weighted by molar-refractivity contribution is 0.624. The fraction of sp³-hybridized carbons (Fsp3) is 0.261. The predicted octanol–water partition coefficient (Wildman–Crippen LogP) is 3.84. The SMILES string of the molecule is Fc1ccc(N2CCN(c3cc(CNCc4ccccc4)ccn3)CC2)cc1. The first-order chi connectivity index (χ1) is 13.8. The van der Waals surface area contributed by atoms with Gasteiger partial charge in [0.15, 0.2) is 0 Å². The van der Waals surface area contributed by atoms with E-state index in [9.17, 15) is 4.39 Å².